The summed E-state index contributed by atoms with van der Waals surface area (Å²) in [5.74, 6) is 4.46. The first-order valence-electron chi connectivity index (χ1n) is 7.50. The molecule has 5 heteroatoms. The third-order valence-corrected chi connectivity index (χ3v) is 4.34. The fraction of sp³-hybridized carbons (Fsp3) is 0.750. The summed E-state index contributed by atoms with van der Waals surface area (Å²) in [5.41, 5.74) is 0. The van der Waals surface area contributed by atoms with Crippen molar-refractivity contribution in [3.8, 4) is 12.3 Å². The third kappa shape index (κ3) is 4.96. The van der Waals surface area contributed by atoms with Gasteiger partial charge in [-0.15, -0.1) is 18.2 Å². The van der Waals surface area contributed by atoms with Crippen molar-refractivity contribution in [3.05, 3.63) is 0 Å². The number of nitrogens with zero attached hydrogens (tertiary/aromatic N) is 1. The van der Waals surface area contributed by atoms with Gasteiger partial charge < -0.3 is 10.2 Å². The van der Waals surface area contributed by atoms with Crippen LogP contribution in [0.4, 0.5) is 0 Å². The molecule has 0 radical (unpaired) electrons. The highest BCUT2D eigenvalue weighted by Crippen LogP contribution is 2.21. The van der Waals surface area contributed by atoms with Gasteiger partial charge in [0.15, 0.2) is 0 Å². The van der Waals surface area contributed by atoms with Crippen LogP contribution in [-0.2, 0) is 9.59 Å². The van der Waals surface area contributed by atoms with Gasteiger partial charge in [-0.25, -0.2) is 0 Å². The standard InChI is InChI=1S/C16H26N2O2S/c1-6-8-21-9-7-18-14(12(4)5)15(19)17-13(16(18)20)10-11(2)3/h1,11-14H,7-10H2,2-5H3,(H,17,19). The summed E-state index contributed by atoms with van der Waals surface area (Å²) in [6.07, 6.45) is 5.92. The Balaban J connectivity index is 2.80. The monoisotopic (exact) mass is 310 g/mol. The Morgan fingerprint density at radius 2 is 2.00 bits per heavy atom. The molecular formula is C16H26N2O2S. The zero-order valence-electron chi connectivity index (χ0n) is 13.4. The molecule has 2 atom stereocenters. The first-order valence-corrected chi connectivity index (χ1v) is 8.66. The summed E-state index contributed by atoms with van der Waals surface area (Å²) in [4.78, 5) is 26.7. The molecule has 1 aliphatic heterocycles. The molecular weight excluding hydrogens is 284 g/mol. The largest absolute Gasteiger partial charge is 0.342 e. The molecule has 1 N–H and O–H groups in total. The zero-order valence-corrected chi connectivity index (χ0v) is 14.2. The van der Waals surface area contributed by atoms with Crippen molar-refractivity contribution in [3.63, 3.8) is 0 Å². The van der Waals surface area contributed by atoms with Crippen molar-refractivity contribution < 1.29 is 9.59 Å². The van der Waals surface area contributed by atoms with Gasteiger partial charge in [-0.1, -0.05) is 33.6 Å². The molecule has 0 saturated carbocycles. The minimum atomic E-state index is -0.384. The molecule has 118 valence electrons. The van der Waals surface area contributed by atoms with Gasteiger partial charge in [0.25, 0.3) is 0 Å². The number of hydrogen-bond donors (Lipinski definition) is 1. The lowest BCUT2D eigenvalue weighted by molar-refractivity contribution is -0.151. The summed E-state index contributed by atoms with van der Waals surface area (Å²) in [6, 6.07) is -0.752. The molecule has 0 spiro atoms. The van der Waals surface area contributed by atoms with Gasteiger partial charge in [-0.3, -0.25) is 9.59 Å². The van der Waals surface area contributed by atoms with Crippen LogP contribution in [-0.4, -0.2) is 46.8 Å². The highest BCUT2D eigenvalue weighted by Gasteiger charge is 2.41. The Morgan fingerprint density at radius 1 is 1.33 bits per heavy atom. The van der Waals surface area contributed by atoms with E-state index < -0.39 is 0 Å². The molecule has 1 heterocycles. The summed E-state index contributed by atoms with van der Waals surface area (Å²) >= 11 is 1.62. The molecule has 2 unspecified atom stereocenters. The Morgan fingerprint density at radius 3 is 2.52 bits per heavy atom. The second kappa shape index (κ2) is 8.33. The predicted molar refractivity (Wildman–Crippen MR) is 87.9 cm³/mol. The lowest BCUT2D eigenvalue weighted by atomic mass is 9.94. The van der Waals surface area contributed by atoms with Crippen molar-refractivity contribution in [2.75, 3.05) is 18.1 Å². The highest BCUT2D eigenvalue weighted by atomic mass is 32.2. The van der Waals surface area contributed by atoms with Crippen LogP contribution in [0.25, 0.3) is 0 Å². The van der Waals surface area contributed by atoms with E-state index in [0.29, 0.717) is 24.6 Å². The average Bonchev–Trinajstić information content (AvgIpc) is 2.38. The minimum absolute atomic E-state index is 0.0304. The maximum Gasteiger partial charge on any atom is 0.245 e. The van der Waals surface area contributed by atoms with E-state index in [-0.39, 0.29) is 29.8 Å². The van der Waals surface area contributed by atoms with E-state index in [9.17, 15) is 9.59 Å². The summed E-state index contributed by atoms with van der Waals surface area (Å²) in [7, 11) is 0. The maximum absolute atomic E-state index is 12.6. The molecule has 0 aliphatic carbocycles. The van der Waals surface area contributed by atoms with Crippen LogP contribution < -0.4 is 5.32 Å². The predicted octanol–water partition coefficient (Wildman–Crippen LogP) is 1.75. The van der Waals surface area contributed by atoms with E-state index in [1.807, 2.05) is 13.8 Å². The summed E-state index contributed by atoms with van der Waals surface area (Å²) < 4.78 is 0. The number of rotatable bonds is 7. The number of hydrogen-bond acceptors (Lipinski definition) is 3. The van der Waals surface area contributed by atoms with Gasteiger partial charge in [0.2, 0.25) is 11.8 Å². The molecule has 0 aromatic rings. The molecule has 1 fully saturated rings. The molecule has 0 aromatic heterocycles. The number of thioether (sulfide) groups is 1. The summed E-state index contributed by atoms with van der Waals surface area (Å²) in [5, 5.41) is 2.89. The van der Waals surface area contributed by atoms with Crippen LogP contribution >= 0.6 is 11.8 Å². The normalized spacial score (nSPS) is 22.6. The number of nitrogens with one attached hydrogen (secondary N) is 1. The van der Waals surface area contributed by atoms with Gasteiger partial charge in [-0.2, -0.15) is 0 Å². The maximum atomic E-state index is 12.6. The highest BCUT2D eigenvalue weighted by molar-refractivity contribution is 7.99. The smallest absolute Gasteiger partial charge is 0.245 e. The van der Waals surface area contributed by atoms with Crippen LogP contribution in [0.3, 0.4) is 0 Å². The van der Waals surface area contributed by atoms with Crippen molar-refractivity contribution in [1.82, 2.24) is 10.2 Å². The van der Waals surface area contributed by atoms with Crippen LogP contribution in [0.5, 0.6) is 0 Å². The Bertz CT molecular complexity index is 415. The van der Waals surface area contributed by atoms with Gasteiger partial charge >= 0.3 is 0 Å². The first kappa shape index (κ1) is 17.9. The van der Waals surface area contributed by atoms with Crippen molar-refractivity contribution in [1.29, 1.82) is 0 Å². The lowest BCUT2D eigenvalue weighted by Gasteiger charge is -2.41. The molecule has 2 amide bonds. The van der Waals surface area contributed by atoms with E-state index in [0.717, 1.165) is 5.75 Å². The van der Waals surface area contributed by atoms with Crippen molar-refractivity contribution in [2.45, 2.75) is 46.2 Å². The first-order chi connectivity index (χ1) is 9.88. The third-order valence-electron chi connectivity index (χ3n) is 3.50. The molecule has 4 nitrogen and oxygen atoms in total. The number of amides is 2. The fourth-order valence-electron chi connectivity index (χ4n) is 2.63. The van der Waals surface area contributed by atoms with Crippen molar-refractivity contribution in [2.24, 2.45) is 11.8 Å². The number of carbonyl (C=O) groups excluding carboxylic acids is 2. The van der Waals surface area contributed by atoms with Crippen LogP contribution in [0.1, 0.15) is 34.1 Å². The van der Waals surface area contributed by atoms with Crippen molar-refractivity contribution >= 4 is 23.6 Å². The number of piperazine rings is 1. The average molecular weight is 310 g/mol. The van der Waals surface area contributed by atoms with Gasteiger partial charge in [0, 0.05) is 12.3 Å². The molecule has 1 aliphatic rings. The van der Waals surface area contributed by atoms with Gasteiger partial charge in [-0.05, 0) is 18.3 Å². The molecule has 1 saturated heterocycles. The minimum Gasteiger partial charge on any atom is -0.342 e. The molecule has 0 aromatic carbocycles. The summed E-state index contributed by atoms with van der Waals surface area (Å²) in [6.45, 7) is 8.64. The van der Waals surface area contributed by atoms with Crippen LogP contribution in [0.15, 0.2) is 0 Å². The Hall–Kier alpha value is -1.15. The fourth-order valence-corrected chi connectivity index (χ4v) is 3.22. The van der Waals surface area contributed by atoms with Gasteiger partial charge in [0.05, 0.1) is 5.75 Å². The second-order valence-electron chi connectivity index (χ2n) is 6.17. The number of carbonyl (C=O) groups is 2. The SMILES string of the molecule is C#CCSCCN1C(=O)C(CC(C)C)NC(=O)C1C(C)C. The Labute approximate surface area is 132 Å². The van der Waals surface area contributed by atoms with E-state index in [1.165, 1.54) is 0 Å². The van der Waals surface area contributed by atoms with E-state index in [4.69, 9.17) is 6.42 Å². The second-order valence-corrected chi connectivity index (χ2v) is 7.27. The quantitative estimate of drug-likeness (QED) is 0.576. The zero-order chi connectivity index (χ0) is 16.0. The topological polar surface area (TPSA) is 49.4 Å². The molecule has 21 heavy (non-hydrogen) atoms. The Kier molecular flexibility index (Phi) is 7.10. The van der Waals surface area contributed by atoms with Crippen LogP contribution in [0.2, 0.25) is 0 Å². The molecule has 1 rings (SSSR count). The lowest BCUT2D eigenvalue weighted by Crippen LogP contribution is -2.65. The van der Waals surface area contributed by atoms with Crippen LogP contribution in [0, 0.1) is 24.2 Å². The number of terminal acetylenes is 1. The van der Waals surface area contributed by atoms with Gasteiger partial charge in [0.1, 0.15) is 12.1 Å². The van der Waals surface area contributed by atoms with E-state index in [2.05, 4.69) is 25.1 Å². The van der Waals surface area contributed by atoms with E-state index in [1.54, 1.807) is 16.7 Å². The molecule has 0 bridgehead atoms. The van der Waals surface area contributed by atoms with E-state index >= 15 is 0 Å².